The number of carbonyl (C=O) groups excluding carboxylic acids is 1. The number of sulfonamides is 1. The second-order valence-electron chi connectivity index (χ2n) is 6.56. The standard InChI is InChI=1S/C20H23ClN2O5S/c1-27-20(24)16-7-8-17(21)19(13-16)29(25,26)22-14-18(15-5-3-2-4-6-15)23-9-11-28-12-10-23/h2-8,13,18,22H,9-12,14H2,1H3. The Morgan fingerprint density at radius 3 is 2.55 bits per heavy atom. The molecule has 1 aliphatic heterocycles. The first-order valence-electron chi connectivity index (χ1n) is 9.16. The number of rotatable bonds is 7. The van der Waals surface area contributed by atoms with Crippen LogP contribution in [0.3, 0.4) is 0 Å². The lowest BCUT2D eigenvalue weighted by Crippen LogP contribution is -2.43. The molecule has 0 spiro atoms. The van der Waals surface area contributed by atoms with Gasteiger partial charge in [0.05, 0.1) is 30.9 Å². The van der Waals surface area contributed by atoms with Gasteiger partial charge in [-0.15, -0.1) is 0 Å². The van der Waals surface area contributed by atoms with Crippen molar-refractivity contribution in [3.05, 3.63) is 64.7 Å². The number of carbonyl (C=O) groups is 1. The van der Waals surface area contributed by atoms with E-state index in [0.717, 1.165) is 5.56 Å². The van der Waals surface area contributed by atoms with Crippen LogP contribution in [0.15, 0.2) is 53.4 Å². The summed E-state index contributed by atoms with van der Waals surface area (Å²) in [6.07, 6.45) is 0. The number of esters is 1. The number of halogens is 1. The highest BCUT2D eigenvalue weighted by Crippen LogP contribution is 2.25. The number of benzene rings is 2. The fourth-order valence-electron chi connectivity index (χ4n) is 3.24. The second-order valence-corrected chi connectivity index (χ2v) is 8.71. The average Bonchev–Trinajstić information content (AvgIpc) is 2.75. The number of ether oxygens (including phenoxy) is 2. The van der Waals surface area contributed by atoms with Crippen molar-refractivity contribution < 1.29 is 22.7 Å². The second kappa shape index (κ2) is 9.69. The van der Waals surface area contributed by atoms with Gasteiger partial charge in [0.2, 0.25) is 10.0 Å². The molecule has 0 saturated carbocycles. The number of methoxy groups -OCH3 is 1. The van der Waals surface area contributed by atoms with E-state index in [9.17, 15) is 13.2 Å². The molecule has 156 valence electrons. The maximum absolute atomic E-state index is 12.9. The number of morpholine rings is 1. The number of nitrogens with one attached hydrogen (secondary N) is 1. The number of hydrogen-bond donors (Lipinski definition) is 1. The van der Waals surface area contributed by atoms with Crippen molar-refractivity contribution >= 4 is 27.6 Å². The molecule has 2 aromatic rings. The summed E-state index contributed by atoms with van der Waals surface area (Å²) in [6.45, 7) is 2.77. The Kier molecular flexibility index (Phi) is 7.26. The molecule has 1 fully saturated rings. The topological polar surface area (TPSA) is 84.9 Å². The van der Waals surface area contributed by atoms with E-state index in [-0.39, 0.29) is 28.1 Å². The molecule has 0 bridgehead atoms. The summed E-state index contributed by atoms with van der Waals surface area (Å²) in [5, 5.41) is 0.0350. The highest BCUT2D eigenvalue weighted by atomic mass is 35.5. The molecule has 0 aromatic heterocycles. The largest absolute Gasteiger partial charge is 0.465 e. The molecule has 2 aromatic carbocycles. The predicted molar refractivity (Wildman–Crippen MR) is 110 cm³/mol. The van der Waals surface area contributed by atoms with Gasteiger partial charge in [-0.05, 0) is 23.8 Å². The van der Waals surface area contributed by atoms with Gasteiger partial charge in [-0.1, -0.05) is 41.9 Å². The molecule has 0 radical (unpaired) electrons. The molecule has 1 N–H and O–H groups in total. The molecule has 0 aliphatic carbocycles. The zero-order valence-electron chi connectivity index (χ0n) is 16.0. The van der Waals surface area contributed by atoms with Crippen LogP contribution >= 0.6 is 11.6 Å². The summed E-state index contributed by atoms with van der Waals surface area (Å²) in [5.74, 6) is -0.631. The van der Waals surface area contributed by atoms with Gasteiger partial charge in [0.1, 0.15) is 4.90 Å². The molecule has 7 nitrogen and oxygen atoms in total. The summed E-state index contributed by atoms with van der Waals surface area (Å²) in [5.41, 5.74) is 1.12. The van der Waals surface area contributed by atoms with Crippen molar-refractivity contribution in [2.24, 2.45) is 0 Å². The van der Waals surface area contributed by atoms with Gasteiger partial charge in [-0.2, -0.15) is 0 Å². The Labute approximate surface area is 175 Å². The minimum absolute atomic E-state index is 0.0350. The fourth-order valence-corrected chi connectivity index (χ4v) is 4.80. The van der Waals surface area contributed by atoms with Gasteiger partial charge in [0, 0.05) is 25.7 Å². The Bertz CT molecular complexity index is 947. The van der Waals surface area contributed by atoms with Crippen LogP contribution in [-0.2, 0) is 19.5 Å². The monoisotopic (exact) mass is 438 g/mol. The van der Waals surface area contributed by atoms with E-state index < -0.39 is 16.0 Å². The van der Waals surface area contributed by atoms with Crippen LogP contribution in [0.1, 0.15) is 22.0 Å². The van der Waals surface area contributed by atoms with Crippen molar-refractivity contribution in [1.29, 1.82) is 0 Å². The maximum atomic E-state index is 12.9. The van der Waals surface area contributed by atoms with Crippen molar-refractivity contribution in [3.63, 3.8) is 0 Å². The van der Waals surface area contributed by atoms with Crippen LogP contribution in [0.4, 0.5) is 0 Å². The minimum Gasteiger partial charge on any atom is -0.465 e. The van der Waals surface area contributed by atoms with Crippen LogP contribution in [0.5, 0.6) is 0 Å². The molecule has 9 heteroatoms. The summed E-state index contributed by atoms with van der Waals surface area (Å²) in [7, 11) is -2.71. The molecule has 1 saturated heterocycles. The molecule has 1 unspecified atom stereocenters. The molecular weight excluding hydrogens is 416 g/mol. The first kappa shape index (κ1) is 21.7. The lowest BCUT2D eigenvalue weighted by atomic mass is 10.1. The Morgan fingerprint density at radius 1 is 1.21 bits per heavy atom. The van der Waals surface area contributed by atoms with Gasteiger partial charge < -0.3 is 9.47 Å². The molecule has 3 rings (SSSR count). The van der Waals surface area contributed by atoms with Crippen LogP contribution < -0.4 is 4.72 Å². The quantitative estimate of drug-likeness (QED) is 0.668. The molecule has 29 heavy (non-hydrogen) atoms. The van der Waals surface area contributed by atoms with Crippen LogP contribution in [-0.4, -0.2) is 59.2 Å². The SMILES string of the molecule is COC(=O)c1ccc(Cl)c(S(=O)(=O)NCC(c2ccccc2)N2CCOCC2)c1. The molecule has 0 amide bonds. The van der Waals surface area contributed by atoms with E-state index in [2.05, 4.69) is 14.4 Å². The summed E-state index contributed by atoms with van der Waals surface area (Å²) < 4.78 is 38.6. The zero-order valence-corrected chi connectivity index (χ0v) is 17.6. The smallest absolute Gasteiger partial charge is 0.337 e. The Balaban J connectivity index is 1.84. The molecule has 1 aliphatic rings. The summed E-state index contributed by atoms with van der Waals surface area (Å²) in [6, 6.07) is 13.6. The van der Waals surface area contributed by atoms with E-state index in [1.54, 1.807) is 0 Å². The van der Waals surface area contributed by atoms with Gasteiger partial charge in [0.25, 0.3) is 0 Å². The lowest BCUT2D eigenvalue weighted by Gasteiger charge is -2.34. The normalized spacial score (nSPS) is 16.3. The van der Waals surface area contributed by atoms with E-state index in [1.807, 2.05) is 30.3 Å². The number of hydrogen-bond acceptors (Lipinski definition) is 6. The van der Waals surface area contributed by atoms with Gasteiger partial charge >= 0.3 is 5.97 Å². The zero-order chi connectivity index (χ0) is 20.9. The third kappa shape index (κ3) is 5.34. The van der Waals surface area contributed by atoms with E-state index in [0.29, 0.717) is 26.3 Å². The number of nitrogens with zero attached hydrogens (tertiary/aromatic N) is 1. The highest BCUT2D eigenvalue weighted by Gasteiger charge is 2.26. The Morgan fingerprint density at radius 2 is 1.90 bits per heavy atom. The van der Waals surface area contributed by atoms with Crippen molar-refractivity contribution in [2.75, 3.05) is 40.0 Å². The lowest BCUT2D eigenvalue weighted by molar-refractivity contribution is 0.0172. The van der Waals surface area contributed by atoms with Crippen LogP contribution in [0.2, 0.25) is 5.02 Å². The van der Waals surface area contributed by atoms with Crippen molar-refractivity contribution in [2.45, 2.75) is 10.9 Å². The van der Waals surface area contributed by atoms with E-state index in [4.69, 9.17) is 16.3 Å². The van der Waals surface area contributed by atoms with E-state index >= 15 is 0 Å². The average molecular weight is 439 g/mol. The highest BCUT2D eigenvalue weighted by molar-refractivity contribution is 7.89. The van der Waals surface area contributed by atoms with Crippen LogP contribution in [0, 0.1) is 0 Å². The third-order valence-electron chi connectivity index (χ3n) is 4.78. The molecule has 1 heterocycles. The van der Waals surface area contributed by atoms with Gasteiger partial charge in [-0.3, -0.25) is 4.90 Å². The predicted octanol–water partition coefficient (Wildman–Crippen LogP) is 2.48. The van der Waals surface area contributed by atoms with Crippen LogP contribution in [0.25, 0.3) is 0 Å². The molecule has 1 atom stereocenters. The van der Waals surface area contributed by atoms with E-state index in [1.165, 1.54) is 25.3 Å². The first-order valence-corrected chi connectivity index (χ1v) is 11.0. The summed E-state index contributed by atoms with van der Waals surface area (Å²) >= 11 is 6.11. The molecular formula is C20H23ClN2O5S. The van der Waals surface area contributed by atoms with Crippen molar-refractivity contribution in [1.82, 2.24) is 9.62 Å². The van der Waals surface area contributed by atoms with Gasteiger partial charge in [0.15, 0.2) is 0 Å². The fraction of sp³-hybridized carbons (Fsp3) is 0.350. The third-order valence-corrected chi connectivity index (χ3v) is 6.68. The van der Waals surface area contributed by atoms with Crippen molar-refractivity contribution in [3.8, 4) is 0 Å². The first-order chi connectivity index (χ1) is 13.9. The maximum Gasteiger partial charge on any atom is 0.337 e. The Hall–Kier alpha value is -1.97. The minimum atomic E-state index is -3.94. The summed E-state index contributed by atoms with van der Waals surface area (Å²) in [4.78, 5) is 13.8. The van der Waals surface area contributed by atoms with Gasteiger partial charge in [-0.25, -0.2) is 17.9 Å².